The molecule has 0 aliphatic carbocycles. The van der Waals surface area contributed by atoms with Gasteiger partial charge in [0.2, 0.25) is 10.0 Å². The standard InChI is InChI=1S/C12H17N3O4S/c1-2-9-5-6-14(8-9)20(18,19)12-7-10(15(16)17)3-4-11(12)13/h3-4,7,9H,2,5-6,8,13H2,1H3. The number of sulfonamides is 1. The van der Waals surface area contributed by atoms with E-state index in [0.717, 1.165) is 18.9 Å². The van der Waals surface area contributed by atoms with Crippen molar-refractivity contribution in [3.63, 3.8) is 0 Å². The van der Waals surface area contributed by atoms with E-state index in [9.17, 15) is 18.5 Å². The lowest BCUT2D eigenvalue weighted by Gasteiger charge is -2.17. The van der Waals surface area contributed by atoms with E-state index in [2.05, 4.69) is 0 Å². The van der Waals surface area contributed by atoms with Crippen LogP contribution >= 0.6 is 0 Å². The first kappa shape index (κ1) is 14.7. The summed E-state index contributed by atoms with van der Waals surface area (Å²) in [6.45, 7) is 2.90. The minimum absolute atomic E-state index is 0.0375. The molecule has 2 rings (SSSR count). The van der Waals surface area contributed by atoms with Crippen molar-refractivity contribution < 1.29 is 13.3 Å². The molecule has 2 N–H and O–H groups in total. The maximum atomic E-state index is 12.5. The molecule has 0 bridgehead atoms. The van der Waals surface area contributed by atoms with E-state index < -0.39 is 14.9 Å². The third kappa shape index (κ3) is 2.61. The van der Waals surface area contributed by atoms with Gasteiger partial charge in [-0.2, -0.15) is 4.31 Å². The number of benzene rings is 1. The molecule has 0 saturated carbocycles. The van der Waals surface area contributed by atoms with E-state index in [0.29, 0.717) is 19.0 Å². The number of hydrogen-bond acceptors (Lipinski definition) is 5. The molecule has 1 aromatic carbocycles. The molecule has 0 amide bonds. The Labute approximate surface area is 117 Å². The number of nitrogen functional groups attached to an aromatic ring is 1. The minimum atomic E-state index is -3.76. The molecule has 1 atom stereocenters. The van der Waals surface area contributed by atoms with Gasteiger partial charge in [0.15, 0.2) is 0 Å². The Kier molecular flexibility index (Phi) is 3.96. The molecule has 1 aliphatic heterocycles. The van der Waals surface area contributed by atoms with Crippen LogP contribution in [0.4, 0.5) is 11.4 Å². The van der Waals surface area contributed by atoms with E-state index in [4.69, 9.17) is 5.73 Å². The third-order valence-electron chi connectivity index (χ3n) is 3.65. The molecule has 110 valence electrons. The summed E-state index contributed by atoms with van der Waals surface area (Å²) in [5.74, 6) is 0.338. The van der Waals surface area contributed by atoms with Crippen molar-refractivity contribution in [2.45, 2.75) is 24.7 Å². The second kappa shape index (κ2) is 5.37. The summed E-state index contributed by atoms with van der Waals surface area (Å²) < 4.78 is 26.4. The second-order valence-electron chi connectivity index (χ2n) is 4.91. The number of nitrogens with zero attached hydrogens (tertiary/aromatic N) is 2. The quantitative estimate of drug-likeness (QED) is 0.516. The Bertz CT molecular complexity index is 630. The van der Waals surface area contributed by atoms with Gasteiger partial charge in [0, 0.05) is 25.2 Å². The Balaban J connectivity index is 2.39. The van der Waals surface area contributed by atoms with Crippen LogP contribution in [0.15, 0.2) is 23.1 Å². The Hall–Kier alpha value is -1.67. The summed E-state index contributed by atoms with van der Waals surface area (Å²) in [5.41, 5.74) is 5.45. The highest BCUT2D eigenvalue weighted by atomic mass is 32.2. The molecule has 1 aliphatic rings. The maximum absolute atomic E-state index is 12.5. The highest BCUT2D eigenvalue weighted by Crippen LogP contribution is 2.30. The fourth-order valence-electron chi connectivity index (χ4n) is 2.35. The number of rotatable bonds is 4. The monoisotopic (exact) mass is 299 g/mol. The molecule has 1 saturated heterocycles. The van der Waals surface area contributed by atoms with Gasteiger partial charge in [-0.15, -0.1) is 0 Å². The molecule has 0 aromatic heterocycles. The van der Waals surface area contributed by atoms with Gasteiger partial charge in [0.05, 0.1) is 10.6 Å². The van der Waals surface area contributed by atoms with Gasteiger partial charge in [-0.05, 0) is 18.4 Å². The first-order valence-electron chi connectivity index (χ1n) is 6.40. The summed E-state index contributed by atoms with van der Waals surface area (Å²) in [6, 6.07) is 3.50. The fourth-order valence-corrected chi connectivity index (χ4v) is 4.01. The topological polar surface area (TPSA) is 107 Å². The predicted molar refractivity (Wildman–Crippen MR) is 74.7 cm³/mol. The van der Waals surface area contributed by atoms with Gasteiger partial charge in [0.1, 0.15) is 4.90 Å². The molecule has 1 heterocycles. The molecule has 8 heteroatoms. The van der Waals surface area contributed by atoms with Crippen molar-refractivity contribution in [1.29, 1.82) is 0 Å². The molecular weight excluding hydrogens is 282 g/mol. The van der Waals surface area contributed by atoms with Crippen LogP contribution < -0.4 is 5.73 Å². The lowest BCUT2D eigenvalue weighted by atomic mass is 10.1. The Morgan fingerprint density at radius 3 is 2.75 bits per heavy atom. The van der Waals surface area contributed by atoms with Crippen LogP contribution in [0.5, 0.6) is 0 Å². The van der Waals surface area contributed by atoms with Crippen LogP contribution in [0.1, 0.15) is 19.8 Å². The average molecular weight is 299 g/mol. The van der Waals surface area contributed by atoms with Gasteiger partial charge >= 0.3 is 0 Å². The molecule has 20 heavy (non-hydrogen) atoms. The normalized spacial score (nSPS) is 20.1. The van der Waals surface area contributed by atoms with Crippen LogP contribution in [0.3, 0.4) is 0 Å². The van der Waals surface area contributed by atoms with E-state index in [-0.39, 0.29) is 16.3 Å². The molecule has 1 fully saturated rings. The van der Waals surface area contributed by atoms with Gasteiger partial charge in [0.25, 0.3) is 5.69 Å². The number of nitro groups is 1. The Morgan fingerprint density at radius 1 is 1.50 bits per heavy atom. The molecule has 1 aromatic rings. The highest BCUT2D eigenvalue weighted by molar-refractivity contribution is 7.89. The van der Waals surface area contributed by atoms with Crippen LogP contribution in [-0.2, 0) is 10.0 Å². The summed E-state index contributed by atoms with van der Waals surface area (Å²) in [4.78, 5) is 9.96. The third-order valence-corrected chi connectivity index (χ3v) is 5.57. The van der Waals surface area contributed by atoms with E-state index in [1.807, 2.05) is 6.92 Å². The van der Waals surface area contributed by atoms with E-state index in [1.54, 1.807) is 0 Å². The molecule has 1 unspecified atom stereocenters. The highest BCUT2D eigenvalue weighted by Gasteiger charge is 2.33. The predicted octanol–water partition coefficient (Wildman–Crippen LogP) is 1.60. The van der Waals surface area contributed by atoms with Gasteiger partial charge in [-0.1, -0.05) is 13.3 Å². The second-order valence-corrected chi connectivity index (χ2v) is 6.81. The van der Waals surface area contributed by atoms with Crippen molar-refractivity contribution in [2.75, 3.05) is 18.8 Å². The summed E-state index contributed by atoms with van der Waals surface area (Å²) in [7, 11) is -3.76. The first-order valence-corrected chi connectivity index (χ1v) is 7.84. The Morgan fingerprint density at radius 2 is 2.20 bits per heavy atom. The van der Waals surface area contributed by atoms with Crippen LogP contribution in [0, 0.1) is 16.0 Å². The van der Waals surface area contributed by atoms with Crippen molar-refractivity contribution >= 4 is 21.4 Å². The SMILES string of the molecule is CCC1CCN(S(=O)(=O)c2cc([N+](=O)[O-])ccc2N)C1. The van der Waals surface area contributed by atoms with E-state index >= 15 is 0 Å². The number of hydrogen-bond donors (Lipinski definition) is 1. The summed E-state index contributed by atoms with van der Waals surface area (Å²) >= 11 is 0. The minimum Gasteiger partial charge on any atom is -0.398 e. The van der Waals surface area contributed by atoms with Crippen LogP contribution in [-0.4, -0.2) is 30.7 Å². The van der Waals surface area contributed by atoms with Crippen molar-refractivity contribution in [3.05, 3.63) is 28.3 Å². The number of anilines is 1. The van der Waals surface area contributed by atoms with Crippen molar-refractivity contribution in [2.24, 2.45) is 5.92 Å². The molecule has 7 nitrogen and oxygen atoms in total. The zero-order valence-electron chi connectivity index (χ0n) is 11.2. The maximum Gasteiger partial charge on any atom is 0.270 e. The molecule has 0 spiro atoms. The van der Waals surface area contributed by atoms with E-state index in [1.165, 1.54) is 16.4 Å². The molecule has 0 radical (unpaired) electrons. The lowest BCUT2D eigenvalue weighted by Crippen LogP contribution is -2.29. The van der Waals surface area contributed by atoms with Gasteiger partial charge in [-0.3, -0.25) is 10.1 Å². The van der Waals surface area contributed by atoms with Crippen molar-refractivity contribution in [1.82, 2.24) is 4.31 Å². The smallest absolute Gasteiger partial charge is 0.270 e. The summed E-state index contributed by atoms with van der Waals surface area (Å²) in [6.07, 6.45) is 1.72. The van der Waals surface area contributed by atoms with Gasteiger partial charge < -0.3 is 5.73 Å². The number of nitrogens with two attached hydrogens (primary N) is 1. The molecular formula is C12H17N3O4S. The fraction of sp³-hybridized carbons (Fsp3) is 0.500. The number of non-ortho nitro benzene ring substituents is 1. The van der Waals surface area contributed by atoms with Crippen LogP contribution in [0.2, 0.25) is 0 Å². The zero-order valence-corrected chi connectivity index (χ0v) is 12.0. The van der Waals surface area contributed by atoms with Crippen molar-refractivity contribution in [3.8, 4) is 0 Å². The zero-order chi connectivity index (χ0) is 14.9. The van der Waals surface area contributed by atoms with Gasteiger partial charge in [-0.25, -0.2) is 8.42 Å². The first-order chi connectivity index (χ1) is 9.36. The largest absolute Gasteiger partial charge is 0.398 e. The lowest BCUT2D eigenvalue weighted by molar-refractivity contribution is -0.385. The average Bonchev–Trinajstić information content (AvgIpc) is 2.88. The van der Waals surface area contributed by atoms with Crippen LogP contribution in [0.25, 0.3) is 0 Å². The summed E-state index contributed by atoms with van der Waals surface area (Å²) in [5, 5.41) is 10.8. The number of nitro benzene ring substituents is 1.